The van der Waals surface area contributed by atoms with Crippen LogP contribution in [-0.4, -0.2) is 90.8 Å². The molecule has 0 aromatic rings. The molecular weight excluding hydrogens is 582 g/mol. The first-order chi connectivity index (χ1) is 20.4. The Morgan fingerprint density at radius 3 is 1.52 bits per heavy atom. The van der Waals surface area contributed by atoms with Crippen LogP contribution in [0.25, 0.3) is 0 Å². The molecule has 0 saturated carbocycles. The molecular formula is C30H47NO13. The monoisotopic (exact) mass is 629 g/mol. The van der Waals surface area contributed by atoms with E-state index in [1.165, 1.54) is 20.1 Å². The number of aliphatic carboxylic acids is 2. The van der Waals surface area contributed by atoms with Gasteiger partial charge in [-0.15, -0.1) is 0 Å². The van der Waals surface area contributed by atoms with Crippen molar-refractivity contribution in [2.24, 2.45) is 0 Å². The Kier molecular flexibility index (Phi) is 38.2. The Labute approximate surface area is 259 Å². The molecule has 4 N–H and O–H groups in total. The molecule has 250 valence electrons. The Balaban J connectivity index is -0.000000141. The Bertz CT molecular complexity index is 950. The normalized spacial score (nSPS) is 10.9. The third-order valence-electron chi connectivity index (χ3n) is 3.57. The maximum Gasteiger partial charge on any atom is 0.333 e. The lowest BCUT2D eigenvalue weighted by atomic mass is 10.4. The fourth-order valence-electron chi connectivity index (χ4n) is 1.16. The first-order valence-corrected chi connectivity index (χ1v) is 12.6. The van der Waals surface area contributed by atoms with Crippen molar-refractivity contribution in [3.63, 3.8) is 0 Å². The van der Waals surface area contributed by atoms with Crippen LogP contribution in [0.2, 0.25) is 0 Å². The number of ether oxygens (including phenoxy) is 4. The molecule has 0 aromatic carbocycles. The highest BCUT2D eigenvalue weighted by molar-refractivity contribution is 5.87. The molecule has 14 nitrogen and oxygen atoms in total. The molecule has 1 fully saturated rings. The van der Waals surface area contributed by atoms with Gasteiger partial charge in [-0.2, -0.15) is 0 Å². The van der Waals surface area contributed by atoms with Crippen molar-refractivity contribution in [3.8, 4) is 0 Å². The van der Waals surface area contributed by atoms with Crippen molar-refractivity contribution in [3.05, 3.63) is 74.4 Å². The van der Waals surface area contributed by atoms with Gasteiger partial charge in [-0.3, -0.25) is 4.79 Å². The zero-order valence-corrected chi connectivity index (χ0v) is 26.2. The van der Waals surface area contributed by atoms with Gasteiger partial charge in [0, 0.05) is 28.9 Å². The van der Waals surface area contributed by atoms with Crippen LogP contribution in [0.1, 0.15) is 40.5 Å². The van der Waals surface area contributed by atoms with Gasteiger partial charge in [0.05, 0.1) is 20.3 Å². The van der Waals surface area contributed by atoms with Crippen LogP contribution in [0.4, 0.5) is 0 Å². The average molecular weight is 630 g/mol. The van der Waals surface area contributed by atoms with E-state index < -0.39 is 11.9 Å². The van der Waals surface area contributed by atoms with Crippen LogP contribution in [0.15, 0.2) is 74.4 Å². The molecule has 0 aliphatic carbocycles. The summed E-state index contributed by atoms with van der Waals surface area (Å²) in [6.07, 6.45) is 5.22. The van der Waals surface area contributed by atoms with E-state index >= 15 is 0 Å². The maximum absolute atomic E-state index is 10.7. The topological polar surface area (TPSA) is 215 Å². The number of aliphatic hydroxyl groups is 1. The van der Waals surface area contributed by atoms with Crippen molar-refractivity contribution in [1.29, 1.82) is 0 Å². The largest absolute Gasteiger partial charge is 0.478 e. The summed E-state index contributed by atoms with van der Waals surface area (Å²) >= 11 is 0. The highest BCUT2D eigenvalue weighted by Gasteiger charge is 2.24. The third kappa shape index (κ3) is 50.1. The lowest BCUT2D eigenvalue weighted by molar-refractivity contribution is -0.139. The fraction of sp³-hybridized carbons (Fsp3) is 0.400. The molecule has 1 amide bonds. The van der Waals surface area contributed by atoms with E-state index in [9.17, 15) is 28.8 Å². The lowest BCUT2D eigenvalue weighted by Gasteiger charge is -1.99. The van der Waals surface area contributed by atoms with Crippen molar-refractivity contribution >= 4 is 35.8 Å². The summed E-state index contributed by atoms with van der Waals surface area (Å²) < 4.78 is 18.5. The Morgan fingerprint density at radius 2 is 1.32 bits per heavy atom. The third-order valence-corrected chi connectivity index (χ3v) is 3.57. The first-order valence-electron chi connectivity index (χ1n) is 12.6. The van der Waals surface area contributed by atoms with E-state index in [-0.39, 0.29) is 42.2 Å². The summed E-state index contributed by atoms with van der Waals surface area (Å²) in [6.45, 7) is 27.3. The molecule has 0 spiro atoms. The summed E-state index contributed by atoms with van der Waals surface area (Å²) in [5.74, 6) is -3.29. The summed E-state index contributed by atoms with van der Waals surface area (Å²) in [5.41, 5.74) is 1.04. The molecule has 14 heteroatoms. The molecule has 1 saturated heterocycles. The zero-order valence-electron chi connectivity index (χ0n) is 26.2. The number of carboxylic acids is 2. The number of nitrogens with one attached hydrogen (secondary N) is 1. The molecule has 1 aliphatic heterocycles. The molecule has 1 unspecified atom stereocenters. The van der Waals surface area contributed by atoms with Gasteiger partial charge in [0.2, 0.25) is 5.91 Å². The Hall–Kier alpha value is -4.82. The van der Waals surface area contributed by atoms with Crippen molar-refractivity contribution in [1.82, 2.24) is 5.32 Å². The number of unbranched alkanes of at least 4 members (excludes halogenated alkanes) is 1. The minimum Gasteiger partial charge on any atom is -0.478 e. The van der Waals surface area contributed by atoms with Gasteiger partial charge < -0.3 is 39.6 Å². The van der Waals surface area contributed by atoms with Crippen LogP contribution in [0.5, 0.6) is 0 Å². The van der Waals surface area contributed by atoms with Gasteiger partial charge in [0.1, 0.15) is 19.4 Å². The minimum absolute atomic E-state index is 0.142. The summed E-state index contributed by atoms with van der Waals surface area (Å²) in [5, 5.41) is 25.6. The van der Waals surface area contributed by atoms with Gasteiger partial charge >= 0.3 is 29.8 Å². The second kappa shape index (κ2) is 34.4. The summed E-state index contributed by atoms with van der Waals surface area (Å²) in [6, 6.07) is 0. The lowest BCUT2D eigenvalue weighted by Crippen LogP contribution is -2.20. The van der Waals surface area contributed by atoms with Crippen LogP contribution in [0.3, 0.4) is 0 Å². The number of amides is 1. The molecule has 1 rings (SSSR count). The fourth-order valence-corrected chi connectivity index (χ4v) is 1.16. The second-order valence-electron chi connectivity index (χ2n) is 7.86. The number of aliphatic hydroxyl groups excluding tert-OH is 1. The number of carbonyl (C=O) groups excluding carboxylic acids is 4. The van der Waals surface area contributed by atoms with Gasteiger partial charge in [0.15, 0.2) is 0 Å². The maximum atomic E-state index is 10.7. The smallest absolute Gasteiger partial charge is 0.333 e. The van der Waals surface area contributed by atoms with E-state index in [1.54, 1.807) is 13.8 Å². The molecule has 1 atom stereocenters. The van der Waals surface area contributed by atoms with Crippen LogP contribution in [-0.2, 0) is 47.7 Å². The van der Waals surface area contributed by atoms with Gasteiger partial charge in [-0.1, -0.05) is 52.8 Å². The average Bonchev–Trinajstić information content (AvgIpc) is 3.81. The van der Waals surface area contributed by atoms with Gasteiger partial charge in [-0.25, -0.2) is 24.0 Å². The Morgan fingerprint density at radius 1 is 0.864 bits per heavy atom. The number of epoxide rings is 1. The van der Waals surface area contributed by atoms with Crippen LogP contribution in [0, 0.1) is 0 Å². The van der Waals surface area contributed by atoms with Gasteiger partial charge in [-0.05, 0) is 33.3 Å². The quantitative estimate of drug-likeness (QED) is 0.0611. The van der Waals surface area contributed by atoms with Gasteiger partial charge in [0.25, 0.3) is 0 Å². The number of hydrogen-bond donors (Lipinski definition) is 4. The van der Waals surface area contributed by atoms with E-state index in [0.29, 0.717) is 31.0 Å². The van der Waals surface area contributed by atoms with Crippen molar-refractivity contribution in [2.45, 2.75) is 46.6 Å². The second-order valence-corrected chi connectivity index (χ2v) is 7.86. The number of methoxy groups -OCH3 is 1. The first kappa shape index (κ1) is 48.9. The van der Waals surface area contributed by atoms with Crippen LogP contribution < -0.4 is 5.32 Å². The molecule has 1 heterocycles. The molecule has 0 radical (unpaired) electrons. The minimum atomic E-state index is -0.981. The highest BCUT2D eigenvalue weighted by Crippen LogP contribution is 2.09. The summed E-state index contributed by atoms with van der Waals surface area (Å²) in [4.78, 5) is 60.1. The highest BCUT2D eigenvalue weighted by atomic mass is 16.6. The predicted molar refractivity (Wildman–Crippen MR) is 164 cm³/mol. The van der Waals surface area contributed by atoms with E-state index in [2.05, 4.69) is 54.3 Å². The van der Waals surface area contributed by atoms with Crippen LogP contribution >= 0.6 is 0 Å². The standard InChI is InChI=1S/C7H10O3.C7H12O2.C5H8O2.C4H7NO2.C4H6O2.C3H4O2/c1-5(2)7(8)10-4-6-3-9-6;1-3-5-6-9-7(8)4-2;1-4(2)5(6)7-3;1-2-4(7)5-3-6;1-3(2)4(5)6;1-2-3(4)5/h6H,1,3-4H2,2H3;4H,2-3,5-6H2,1H3;1H2,2-3H3;2,6H,1,3H2,(H,5,7);1H2,2H3,(H,5,6);2H,1H2,(H,4,5). The number of carboxylic acid groups (broad SMARTS) is 2. The number of carbonyl (C=O) groups is 6. The zero-order chi connectivity index (χ0) is 35.7. The van der Waals surface area contributed by atoms with E-state index in [4.69, 9.17) is 24.8 Å². The number of esters is 3. The molecule has 44 heavy (non-hydrogen) atoms. The number of rotatable bonds is 12. The van der Waals surface area contributed by atoms with E-state index in [1.807, 2.05) is 6.92 Å². The van der Waals surface area contributed by atoms with Crippen molar-refractivity contribution in [2.75, 3.05) is 33.7 Å². The van der Waals surface area contributed by atoms with Crippen molar-refractivity contribution < 1.29 is 63.0 Å². The predicted octanol–water partition coefficient (Wildman–Crippen LogP) is 2.90. The SMILES string of the molecule is C=C(C)C(=O)O.C=C(C)C(=O)OC.C=C(C)C(=O)OCC1CO1.C=CC(=O)NCO.C=CC(=O)O.C=CC(=O)OCCCC. The van der Waals surface area contributed by atoms with E-state index in [0.717, 1.165) is 25.0 Å². The molecule has 0 aromatic heterocycles. The summed E-state index contributed by atoms with van der Waals surface area (Å²) in [7, 11) is 1.33. The molecule has 0 bridgehead atoms. The number of hydrogen-bond acceptors (Lipinski definition) is 11. The molecule has 1 aliphatic rings.